The van der Waals surface area contributed by atoms with Crippen LogP contribution in [0.2, 0.25) is 0 Å². The van der Waals surface area contributed by atoms with Crippen LogP contribution >= 0.6 is 0 Å². The first kappa shape index (κ1) is 22.1. The summed E-state index contributed by atoms with van der Waals surface area (Å²) in [6.45, 7) is 6.86. The fourth-order valence-corrected chi connectivity index (χ4v) is 3.39. The summed E-state index contributed by atoms with van der Waals surface area (Å²) in [7, 11) is 0. The third-order valence-electron chi connectivity index (χ3n) is 5.07. The van der Waals surface area contributed by atoms with Crippen LogP contribution in [0.25, 0.3) is 0 Å². The van der Waals surface area contributed by atoms with Crippen molar-refractivity contribution in [2.45, 2.75) is 38.9 Å². The summed E-state index contributed by atoms with van der Waals surface area (Å²) in [5, 5.41) is 16.8. The molecule has 2 unspecified atom stereocenters. The lowest BCUT2D eigenvalue weighted by Gasteiger charge is -2.17. The number of aliphatic hydroxyl groups is 1. The molecular weight excluding hydrogens is 378 g/mol. The zero-order valence-corrected chi connectivity index (χ0v) is 17.9. The highest BCUT2D eigenvalue weighted by atomic mass is 16.5. The fraction of sp³-hybridized carbons (Fsp3) is 0.458. The van der Waals surface area contributed by atoms with Crippen molar-refractivity contribution in [3.63, 3.8) is 0 Å². The monoisotopic (exact) mass is 411 g/mol. The van der Waals surface area contributed by atoms with Gasteiger partial charge in [0.1, 0.15) is 5.75 Å². The van der Waals surface area contributed by atoms with Crippen molar-refractivity contribution in [1.82, 2.24) is 10.6 Å². The van der Waals surface area contributed by atoms with E-state index in [0.717, 1.165) is 43.9 Å². The Bertz CT molecular complexity index is 811. The highest BCUT2D eigenvalue weighted by Crippen LogP contribution is 2.25. The molecule has 0 aliphatic carbocycles. The van der Waals surface area contributed by atoms with Gasteiger partial charge in [0, 0.05) is 19.5 Å². The molecule has 6 heteroatoms. The molecule has 2 aromatic carbocycles. The molecule has 0 fully saturated rings. The molecule has 6 nitrogen and oxygen atoms in total. The van der Waals surface area contributed by atoms with Gasteiger partial charge in [-0.05, 0) is 43.0 Å². The van der Waals surface area contributed by atoms with E-state index in [0.29, 0.717) is 5.96 Å². The molecular formula is C24H33N3O3. The highest BCUT2D eigenvalue weighted by Gasteiger charge is 2.12. The van der Waals surface area contributed by atoms with Crippen LogP contribution in [-0.4, -0.2) is 50.0 Å². The minimum Gasteiger partial charge on any atom is -0.493 e. The SMILES string of the molecule is CCNC(=NCC(O)COC(C)c1ccccc1)NCCc1ccc2c(c1)CCO2. The molecule has 162 valence electrons. The Morgan fingerprint density at radius 1 is 1.20 bits per heavy atom. The summed E-state index contributed by atoms with van der Waals surface area (Å²) >= 11 is 0. The van der Waals surface area contributed by atoms with Gasteiger partial charge in [-0.25, -0.2) is 0 Å². The van der Waals surface area contributed by atoms with Crippen LogP contribution in [0.3, 0.4) is 0 Å². The average molecular weight is 412 g/mol. The van der Waals surface area contributed by atoms with Gasteiger partial charge in [-0.3, -0.25) is 4.99 Å². The summed E-state index contributed by atoms with van der Waals surface area (Å²) in [5.41, 5.74) is 3.67. The molecule has 0 radical (unpaired) electrons. The number of nitrogens with one attached hydrogen (secondary N) is 2. The predicted molar refractivity (Wildman–Crippen MR) is 120 cm³/mol. The van der Waals surface area contributed by atoms with E-state index in [1.54, 1.807) is 0 Å². The molecule has 0 amide bonds. The van der Waals surface area contributed by atoms with E-state index in [-0.39, 0.29) is 19.3 Å². The van der Waals surface area contributed by atoms with E-state index in [2.05, 4.69) is 33.8 Å². The molecule has 1 aliphatic heterocycles. The van der Waals surface area contributed by atoms with E-state index in [4.69, 9.17) is 9.47 Å². The predicted octanol–water partition coefficient (Wildman–Crippen LogP) is 2.86. The summed E-state index contributed by atoms with van der Waals surface area (Å²) in [6.07, 6.45) is 1.18. The number of aliphatic hydroxyl groups excluding tert-OH is 1. The van der Waals surface area contributed by atoms with Crippen molar-refractivity contribution in [3.8, 4) is 5.75 Å². The second-order valence-corrected chi connectivity index (χ2v) is 7.48. The fourth-order valence-electron chi connectivity index (χ4n) is 3.39. The van der Waals surface area contributed by atoms with Gasteiger partial charge in [-0.1, -0.05) is 42.5 Å². The quantitative estimate of drug-likeness (QED) is 0.414. The Hall–Kier alpha value is -2.57. The smallest absolute Gasteiger partial charge is 0.191 e. The lowest BCUT2D eigenvalue weighted by atomic mass is 10.1. The molecule has 30 heavy (non-hydrogen) atoms. The molecule has 2 atom stereocenters. The number of hydrogen-bond donors (Lipinski definition) is 3. The molecule has 0 saturated carbocycles. The molecule has 3 rings (SSSR count). The molecule has 0 spiro atoms. The van der Waals surface area contributed by atoms with Crippen LogP contribution in [0.15, 0.2) is 53.5 Å². The first-order valence-electron chi connectivity index (χ1n) is 10.8. The third-order valence-corrected chi connectivity index (χ3v) is 5.07. The number of fused-ring (bicyclic) bond motifs is 1. The summed E-state index contributed by atoms with van der Waals surface area (Å²) in [6, 6.07) is 16.4. The molecule has 2 aromatic rings. The van der Waals surface area contributed by atoms with Crippen LogP contribution in [0.1, 0.15) is 36.6 Å². The van der Waals surface area contributed by atoms with Gasteiger partial charge in [0.05, 0.1) is 32.0 Å². The number of guanidine groups is 1. The van der Waals surface area contributed by atoms with E-state index in [9.17, 15) is 5.11 Å². The van der Waals surface area contributed by atoms with Crippen LogP contribution in [0, 0.1) is 0 Å². The number of nitrogens with zero attached hydrogens (tertiary/aromatic N) is 1. The van der Waals surface area contributed by atoms with Crippen LogP contribution in [-0.2, 0) is 17.6 Å². The van der Waals surface area contributed by atoms with Crippen molar-refractivity contribution in [1.29, 1.82) is 0 Å². The number of rotatable bonds is 10. The van der Waals surface area contributed by atoms with Crippen molar-refractivity contribution in [3.05, 3.63) is 65.2 Å². The molecule has 0 bridgehead atoms. The van der Waals surface area contributed by atoms with Crippen LogP contribution < -0.4 is 15.4 Å². The minimum atomic E-state index is -0.650. The Morgan fingerprint density at radius 3 is 2.83 bits per heavy atom. The van der Waals surface area contributed by atoms with Crippen molar-refractivity contribution in [2.75, 3.05) is 32.8 Å². The highest BCUT2D eigenvalue weighted by molar-refractivity contribution is 5.79. The van der Waals surface area contributed by atoms with Crippen molar-refractivity contribution >= 4 is 5.96 Å². The second-order valence-electron chi connectivity index (χ2n) is 7.48. The van der Waals surface area contributed by atoms with Gasteiger partial charge in [0.25, 0.3) is 0 Å². The lowest BCUT2D eigenvalue weighted by molar-refractivity contribution is 0.00112. The zero-order chi connectivity index (χ0) is 21.2. The van der Waals surface area contributed by atoms with E-state index in [1.165, 1.54) is 11.1 Å². The largest absolute Gasteiger partial charge is 0.493 e. The maximum absolute atomic E-state index is 10.3. The average Bonchev–Trinajstić information content (AvgIpc) is 3.24. The van der Waals surface area contributed by atoms with Gasteiger partial charge >= 0.3 is 0 Å². The molecule has 1 aliphatic rings. The number of aliphatic imine (C=N–C) groups is 1. The lowest BCUT2D eigenvalue weighted by Crippen LogP contribution is -2.39. The Morgan fingerprint density at radius 2 is 2.03 bits per heavy atom. The third kappa shape index (κ3) is 6.75. The van der Waals surface area contributed by atoms with Gasteiger partial charge < -0.3 is 25.2 Å². The molecule has 1 heterocycles. The summed E-state index contributed by atoms with van der Waals surface area (Å²) in [4.78, 5) is 4.50. The second kappa shape index (κ2) is 11.6. The maximum atomic E-state index is 10.3. The summed E-state index contributed by atoms with van der Waals surface area (Å²) in [5.74, 6) is 1.72. The van der Waals surface area contributed by atoms with E-state index < -0.39 is 6.10 Å². The van der Waals surface area contributed by atoms with E-state index >= 15 is 0 Å². The Kier molecular flexibility index (Phi) is 8.53. The Balaban J connectivity index is 1.42. The van der Waals surface area contributed by atoms with Crippen molar-refractivity contribution < 1.29 is 14.6 Å². The standard InChI is InChI=1S/C24H33N3O3/c1-3-25-24(26-13-11-19-9-10-23-21(15-19)12-14-29-23)27-16-22(28)17-30-18(2)20-7-5-4-6-8-20/h4-10,15,18,22,28H,3,11-14,16-17H2,1-2H3,(H2,25,26,27). The van der Waals surface area contributed by atoms with Gasteiger partial charge in [0.15, 0.2) is 5.96 Å². The first-order valence-corrected chi connectivity index (χ1v) is 10.8. The zero-order valence-electron chi connectivity index (χ0n) is 17.9. The first-order chi connectivity index (χ1) is 14.7. The van der Waals surface area contributed by atoms with Gasteiger partial charge in [-0.15, -0.1) is 0 Å². The molecule has 3 N–H and O–H groups in total. The summed E-state index contributed by atoms with van der Waals surface area (Å²) < 4.78 is 11.4. The number of benzene rings is 2. The van der Waals surface area contributed by atoms with E-state index in [1.807, 2.05) is 44.2 Å². The normalized spacial score (nSPS) is 15.2. The van der Waals surface area contributed by atoms with Crippen molar-refractivity contribution in [2.24, 2.45) is 4.99 Å². The van der Waals surface area contributed by atoms with Crippen LogP contribution in [0.5, 0.6) is 5.75 Å². The number of ether oxygens (including phenoxy) is 2. The van der Waals surface area contributed by atoms with Crippen LogP contribution in [0.4, 0.5) is 0 Å². The van der Waals surface area contributed by atoms with Gasteiger partial charge in [0.2, 0.25) is 0 Å². The maximum Gasteiger partial charge on any atom is 0.191 e. The topological polar surface area (TPSA) is 75.1 Å². The minimum absolute atomic E-state index is 0.0612. The van der Waals surface area contributed by atoms with Gasteiger partial charge in [-0.2, -0.15) is 0 Å². The Labute approximate surface area is 179 Å². The molecule has 0 saturated heterocycles. The molecule has 0 aromatic heterocycles. The number of hydrogen-bond acceptors (Lipinski definition) is 4.